The van der Waals surface area contributed by atoms with Crippen LogP contribution in [0.25, 0.3) is 61.2 Å². The molecule has 0 bridgehead atoms. The molecule has 0 saturated heterocycles. The highest BCUT2D eigenvalue weighted by molar-refractivity contribution is 6.34. The number of benzene rings is 8. The van der Waals surface area contributed by atoms with Crippen molar-refractivity contribution in [3.63, 3.8) is 0 Å². The van der Waals surface area contributed by atoms with E-state index in [9.17, 15) is 0 Å². The number of fused-ring (bicyclic) bond motifs is 5. The number of allylic oxidation sites excluding steroid dienone is 7. The molecule has 1 atom stereocenters. The first-order valence-corrected chi connectivity index (χ1v) is 22.8. The molecule has 2 nitrogen and oxygen atoms in total. The number of halogens is 1. The average molecular weight is 844 g/mol. The van der Waals surface area contributed by atoms with E-state index in [0.29, 0.717) is 10.9 Å². The number of para-hydroxylation sites is 3. The highest BCUT2D eigenvalue weighted by Gasteiger charge is 2.30. The Morgan fingerprint density at radius 3 is 1.86 bits per heavy atom. The minimum atomic E-state index is 0.538. The predicted octanol–water partition coefficient (Wildman–Crippen LogP) is 17.8. The Labute approximate surface area is 382 Å². The maximum atomic E-state index is 7.29. The van der Waals surface area contributed by atoms with Gasteiger partial charge in [0, 0.05) is 33.8 Å². The molecule has 308 valence electrons. The second kappa shape index (κ2) is 17.1. The molecule has 8 aromatic carbocycles. The van der Waals surface area contributed by atoms with Gasteiger partial charge in [-0.1, -0.05) is 170 Å². The van der Waals surface area contributed by atoms with Crippen LogP contribution in [0.15, 0.2) is 230 Å². The van der Waals surface area contributed by atoms with E-state index in [-0.39, 0.29) is 0 Å². The summed E-state index contributed by atoms with van der Waals surface area (Å²) in [5.41, 5.74) is 20.7. The standard InChI is InChI=1S/C61H47ClN2/c1-42-28-33-51(34-29-42)63(50-20-9-4-10-21-50)52-35-30-45(31-36-52)46-32-37-59-57(41-46)55-23-12-11-22-54(55)56-25-15-24-53(61(56)64(59)60-27-14-13-26-58(60)62)49-39-47(43-16-5-2-6-17-43)38-48(40-49)44-18-7-3-8-19-44/h2,4-7,9-28,30-42H,3,8,29H2,1H3. The molecule has 3 aliphatic rings. The predicted molar refractivity (Wildman–Crippen MR) is 273 cm³/mol. The average Bonchev–Trinajstić information content (AvgIpc) is 3.48. The first-order chi connectivity index (χ1) is 31.6. The van der Waals surface area contributed by atoms with Crippen LogP contribution in [0, 0.1) is 5.92 Å². The third kappa shape index (κ3) is 7.40. The molecule has 8 aromatic rings. The number of rotatable bonds is 8. The second-order valence-corrected chi connectivity index (χ2v) is 17.4. The summed E-state index contributed by atoms with van der Waals surface area (Å²) in [7, 11) is 0. The van der Waals surface area contributed by atoms with Crippen molar-refractivity contribution in [1.29, 1.82) is 0 Å². The topological polar surface area (TPSA) is 6.48 Å². The summed E-state index contributed by atoms with van der Waals surface area (Å²) in [5.74, 6) is 0.538. The van der Waals surface area contributed by atoms with Crippen molar-refractivity contribution < 1.29 is 0 Å². The molecule has 1 unspecified atom stereocenters. The van der Waals surface area contributed by atoms with Crippen LogP contribution in [0.4, 0.5) is 28.4 Å². The van der Waals surface area contributed by atoms with Crippen molar-refractivity contribution in [2.24, 2.45) is 5.92 Å². The maximum Gasteiger partial charge on any atom is 0.0648 e. The zero-order valence-corrected chi connectivity index (χ0v) is 36.6. The summed E-state index contributed by atoms with van der Waals surface area (Å²) in [5, 5.41) is 0.691. The molecule has 0 saturated carbocycles. The Bertz CT molecular complexity index is 3160. The number of nitrogens with zero attached hydrogens (tertiary/aromatic N) is 2. The summed E-state index contributed by atoms with van der Waals surface area (Å²) < 4.78 is 0. The van der Waals surface area contributed by atoms with Gasteiger partial charge in [0.1, 0.15) is 0 Å². The summed E-state index contributed by atoms with van der Waals surface area (Å²) in [6.07, 6.45) is 17.0. The van der Waals surface area contributed by atoms with Gasteiger partial charge in [0.25, 0.3) is 0 Å². The van der Waals surface area contributed by atoms with Gasteiger partial charge in [0.15, 0.2) is 0 Å². The van der Waals surface area contributed by atoms with Crippen molar-refractivity contribution in [3.05, 3.63) is 241 Å². The van der Waals surface area contributed by atoms with Gasteiger partial charge < -0.3 is 9.80 Å². The fourth-order valence-corrected chi connectivity index (χ4v) is 9.82. The zero-order chi connectivity index (χ0) is 43.0. The van der Waals surface area contributed by atoms with E-state index < -0.39 is 0 Å². The monoisotopic (exact) mass is 842 g/mol. The Hall–Kier alpha value is -7.39. The number of anilines is 5. The molecular formula is C61H47ClN2. The molecule has 1 heterocycles. The number of hydrogen-bond acceptors (Lipinski definition) is 2. The third-order valence-corrected chi connectivity index (χ3v) is 13.1. The Balaban J connectivity index is 1.09. The summed E-state index contributed by atoms with van der Waals surface area (Å²) in [4.78, 5) is 4.77. The molecule has 64 heavy (non-hydrogen) atoms. The van der Waals surface area contributed by atoms with Gasteiger partial charge >= 0.3 is 0 Å². The minimum Gasteiger partial charge on any atom is -0.311 e. The van der Waals surface area contributed by atoms with E-state index in [2.05, 4.69) is 229 Å². The van der Waals surface area contributed by atoms with E-state index in [0.717, 1.165) is 81.1 Å². The summed E-state index contributed by atoms with van der Waals surface area (Å²) in [6, 6.07) is 68.3. The van der Waals surface area contributed by atoms with Gasteiger partial charge in [-0.3, -0.25) is 0 Å². The highest BCUT2D eigenvalue weighted by atomic mass is 35.5. The fraction of sp³-hybridized carbons (Fsp3) is 0.0820. The molecule has 0 fully saturated rings. The minimum absolute atomic E-state index is 0.538. The zero-order valence-electron chi connectivity index (χ0n) is 35.8. The molecule has 0 radical (unpaired) electrons. The Morgan fingerprint density at radius 2 is 1.11 bits per heavy atom. The van der Waals surface area contributed by atoms with E-state index in [1.165, 1.54) is 39.1 Å². The third-order valence-electron chi connectivity index (χ3n) is 12.8. The van der Waals surface area contributed by atoms with Crippen LogP contribution in [-0.4, -0.2) is 0 Å². The van der Waals surface area contributed by atoms with Crippen LogP contribution in [0.5, 0.6) is 0 Å². The maximum absolute atomic E-state index is 7.29. The van der Waals surface area contributed by atoms with Gasteiger partial charge in [-0.05, 0) is 148 Å². The Morgan fingerprint density at radius 1 is 0.469 bits per heavy atom. The van der Waals surface area contributed by atoms with E-state index in [4.69, 9.17) is 11.6 Å². The molecule has 1 aliphatic heterocycles. The first kappa shape index (κ1) is 39.5. The van der Waals surface area contributed by atoms with E-state index >= 15 is 0 Å². The van der Waals surface area contributed by atoms with Gasteiger partial charge in [-0.25, -0.2) is 0 Å². The first-order valence-electron chi connectivity index (χ1n) is 22.4. The van der Waals surface area contributed by atoms with E-state index in [1.54, 1.807) is 0 Å². The lowest BCUT2D eigenvalue weighted by Crippen LogP contribution is -2.17. The van der Waals surface area contributed by atoms with Crippen LogP contribution >= 0.6 is 11.6 Å². The van der Waals surface area contributed by atoms with Crippen molar-refractivity contribution in [1.82, 2.24) is 0 Å². The van der Waals surface area contributed by atoms with Crippen LogP contribution in [0.3, 0.4) is 0 Å². The smallest absolute Gasteiger partial charge is 0.0648 e. The SMILES string of the molecule is CC1C=CC(N(c2ccccc2)c2ccc(-c3ccc4c(c3)-c3ccccc3-c3cccc(-c5cc(C6=CCCC=C6)cc(-c6ccccc6)c5)c3N4c3ccccc3Cl)cc2)=CC1. The van der Waals surface area contributed by atoms with Gasteiger partial charge in [-0.15, -0.1) is 0 Å². The lowest BCUT2D eigenvalue weighted by atomic mass is 9.88. The highest BCUT2D eigenvalue weighted by Crippen LogP contribution is 2.55. The molecule has 3 heteroatoms. The summed E-state index contributed by atoms with van der Waals surface area (Å²) in [6.45, 7) is 2.27. The largest absolute Gasteiger partial charge is 0.311 e. The molecular weight excluding hydrogens is 796 g/mol. The van der Waals surface area contributed by atoms with Crippen LogP contribution in [0.1, 0.15) is 31.7 Å². The van der Waals surface area contributed by atoms with Crippen molar-refractivity contribution in [2.75, 3.05) is 9.80 Å². The van der Waals surface area contributed by atoms with E-state index in [1.807, 2.05) is 12.1 Å². The molecule has 0 amide bonds. The lowest BCUT2D eigenvalue weighted by molar-refractivity contribution is 0.728. The van der Waals surface area contributed by atoms with Crippen LogP contribution in [0.2, 0.25) is 5.02 Å². The normalized spacial score (nSPS) is 15.0. The van der Waals surface area contributed by atoms with Crippen LogP contribution < -0.4 is 9.80 Å². The van der Waals surface area contributed by atoms with Crippen molar-refractivity contribution in [3.8, 4) is 55.6 Å². The fourth-order valence-electron chi connectivity index (χ4n) is 9.60. The van der Waals surface area contributed by atoms with Gasteiger partial charge in [0.2, 0.25) is 0 Å². The lowest BCUT2D eigenvalue weighted by Gasteiger charge is -2.31. The van der Waals surface area contributed by atoms with Crippen LogP contribution in [-0.2, 0) is 0 Å². The molecule has 2 aliphatic carbocycles. The molecule has 0 spiro atoms. The molecule has 11 rings (SSSR count). The Kier molecular flexibility index (Phi) is 10.5. The summed E-state index contributed by atoms with van der Waals surface area (Å²) >= 11 is 7.29. The van der Waals surface area contributed by atoms with Gasteiger partial charge in [0.05, 0.1) is 22.1 Å². The van der Waals surface area contributed by atoms with Crippen molar-refractivity contribution >= 4 is 45.6 Å². The second-order valence-electron chi connectivity index (χ2n) is 17.0. The van der Waals surface area contributed by atoms with Gasteiger partial charge in [-0.2, -0.15) is 0 Å². The molecule has 0 aromatic heterocycles. The van der Waals surface area contributed by atoms with Crippen molar-refractivity contribution in [2.45, 2.75) is 26.2 Å². The molecule has 0 N–H and O–H groups in total. The number of hydrogen-bond donors (Lipinski definition) is 0. The quantitative estimate of drug-likeness (QED) is 0.150.